The quantitative estimate of drug-likeness (QED) is 0.655. The first-order valence-corrected chi connectivity index (χ1v) is 10.9. The average Bonchev–Trinajstić information content (AvgIpc) is 2.76. The number of nitrogens with one attached hydrogen (secondary N) is 1. The topological polar surface area (TPSA) is 94.2 Å². The van der Waals surface area contributed by atoms with Crippen molar-refractivity contribution in [1.29, 1.82) is 0 Å². The number of rotatable bonds is 8. The van der Waals surface area contributed by atoms with Crippen molar-refractivity contribution in [2.45, 2.75) is 13.0 Å². The Kier molecular flexibility index (Phi) is 6.48. The number of ether oxygens (including phenoxy) is 3. The molecule has 8 nitrogen and oxygen atoms in total. The summed E-state index contributed by atoms with van der Waals surface area (Å²) < 4.78 is 42.5. The van der Waals surface area contributed by atoms with Crippen LogP contribution in [0.1, 0.15) is 6.92 Å². The first-order chi connectivity index (χ1) is 13.9. The Morgan fingerprint density at radius 3 is 2.55 bits per heavy atom. The van der Waals surface area contributed by atoms with Gasteiger partial charge in [0.05, 0.1) is 31.6 Å². The van der Waals surface area contributed by atoms with E-state index in [2.05, 4.69) is 5.32 Å². The van der Waals surface area contributed by atoms with E-state index in [4.69, 9.17) is 14.2 Å². The van der Waals surface area contributed by atoms with Gasteiger partial charge in [-0.15, -0.1) is 0 Å². The highest BCUT2D eigenvalue weighted by molar-refractivity contribution is 7.92. The molecule has 1 N–H and O–H groups in total. The van der Waals surface area contributed by atoms with E-state index in [0.717, 1.165) is 5.75 Å². The van der Waals surface area contributed by atoms with Crippen molar-refractivity contribution in [3.63, 3.8) is 0 Å². The molecule has 0 spiro atoms. The van der Waals surface area contributed by atoms with E-state index in [1.165, 1.54) is 4.31 Å². The molecular weight excluding hydrogens is 396 g/mol. The summed E-state index contributed by atoms with van der Waals surface area (Å²) in [5.41, 5.74) is 0.446. The molecule has 156 valence electrons. The summed E-state index contributed by atoms with van der Waals surface area (Å²) in [6, 6.07) is 13.9. The van der Waals surface area contributed by atoms with Crippen molar-refractivity contribution in [2.75, 3.05) is 36.9 Å². The second-order valence-corrected chi connectivity index (χ2v) is 8.50. The second-order valence-electron chi connectivity index (χ2n) is 6.32. The van der Waals surface area contributed by atoms with Crippen LogP contribution in [0.2, 0.25) is 0 Å². The van der Waals surface area contributed by atoms with Crippen LogP contribution in [0.4, 0.5) is 5.69 Å². The van der Waals surface area contributed by atoms with E-state index in [-0.39, 0.29) is 25.4 Å². The van der Waals surface area contributed by atoms with Gasteiger partial charge in [-0.25, -0.2) is 8.42 Å². The zero-order valence-corrected chi connectivity index (χ0v) is 17.1. The highest BCUT2D eigenvalue weighted by Gasteiger charge is 2.35. The number of anilines is 1. The summed E-state index contributed by atoms with van der Waals surface area (Å²) in [6.07, 6.45) is -0.938. The van der Waals surface area contributed by atoms with Crippen molar-refractivity contribution in [2.24, 2.45) is 0 Å². The number of carbonyl (C=O) groups excluding carboxylic acids is 1. The number of amides is 1. The van der Waals surface area contributed by atoms with E-state index < -0.39 is 22.0 Å². The molecule has 0 saturated carbocycles. The maximum atomic E-state index is 12.5. The molecule has 0 radical (unpaired) electrons. The van der Waals surface area contributed by atoms with Crippen LogP contribution in [0.3, 0.4) is 0 Å². The van der Waals surface area contributed by atoms with Gasteiger partial charge in [0.2, 0.25) is 10.0 Å². The molecule has 2 aromatic rings. The third-order valence-corrected chi connectivity index (χ3v) is 6.20. The van der Waals surface area contributed by atoms with Crippen LogP contribution in [-0.2, 0) is 14.8 Å². The van der Waals surface area contributed by atoms with Gasteiger partial charge in [0.25, 0.3) is 5.91 Å². The molecule has 0 bridgehead atoms. The van der Waals surface area contributed by atoms with Crippen LogP contribution in [0.15, 0.2) is 48.5 Å². The lowest BCUT2D eigenvalue weighted by molar-refractivity contribution is -0.127. The van der Waals surface area contributed by atoms with E-state index >= 15 is 0 Å². The van der Waals surface area contributed by atoms with Gasteiger partial charge in [0.1, 0.15) is 23.9 Å². The van der Waals surface area contributed by atoms with Gasteiger partial charge < -0.3 is 19.5 Å². The number of carbonyl (C=O) groups is 1. The molecule has 0 aliphatic carbocycles. The Morgan fingerprint density at radius 1 is 1.17 bits per heavy atom. The van der Waals surface area contributed by atoms with Crippen molar-refractivity contribution in [3.8, 4) is 17.2 Å². The van der Waals surface area contributed by atoms with Crippen LogP contribution in [0.5, 0.6) is 17.2 Å². The predicted octanol–water partition coefficient (Wildman–Crippen LogP) is 1.81. The van der Waals surface area contributed by atoms with Gasteiger partial charge in [0, 0.05) is 0 Å². The minimum Gasteiger partial charge on any atom is -0.497 e. The predicted molar refractivity (Wildman–Crippen MR) is 109 cm³/mol. The molecule has 1 heterocycles. The van der Waals surface area contributed by atoms with Crippen LogP contribution in [0, 0.1) is 0 Å². The Bertz CT molecular complexity index is 946. The average molecular weight is 420 g/mol. The van der Waals surface area contributed by atoms with Crippen LogP contribution in [-0.4, -0.2) is 53.0 Å². The van der Waals surface area contributed by atoms with Crippen molar-refractivity contribution < 1.29 is 27.4 Å². The zero-order valence-electron chi connectivity index (χ0n) is 16.3. The maximum Gasteiger partial charge on any atom is 0.263 e. The van der Waals surface area contributed by atoms with E-state index in [9.17, 15) is 13.2 Å². The maximum absolute atomic E-state index is 12.5. The monoisotopic (exact) mass is 420 g/mol. The molecule has 0 fully saturated rings. The van der Waals surface area contributed by atoms with Gasteiger partial charge in [0.15, 0.2) is 6.10 Å². The van der Waals surface area contributed by atoms with E-state index in [1.54, 1.807) is 62.6 Å². The number of benzene rings is 2. The largest absolute Gasteiger partial charge is 0.497 e. The summed E-state index contributed by atoms with van der Waals surface area (Å²) in [5.74, 6) is 1.29. The van der Waals surface area contributed by atoms with Crippen molar-refractivity contribution in [3.05, 3.63) is 48.5 Å². The number of para-hydroxylation sites is 2. The molecule has 1 aliphatic rings. The van der Waals surface area contributed by atoms with Crippen LogP contribution < -0.4 is 23.8 Å². The number of methoxy groups -OCH3 is 1. The van der Waals surface area contributed by atoms with E-state index in [0.29, 0.717) is 17.2 Å². The molecule has 3 rings (SSSR count). The van der Waals surface area contributed by atoms with Crippen LogP contribution in [0.25, 0.3) is 0 Å². The summed E-state index contributed by atoms with van der Waals surface area (Å²) >= 11 is 0. The molecule has 1 aliphatic heterocycles. The fourth-order valence-electron chi connectivity index (χ4n) is 2.89. The Labute approximate surface area is 170 Å². The molecule has 1 atom stereocenters. The molecule has 1 unspecified atom stereocenters. The van der Waals surface area contributed by atoms with Gasteiger partial charge >= 0.3 is 0 Å². The number of fused-ring (bicyclic) bond motifs is 1. The number of hydrogen-bond acceptors (Lipinski definition) is 6. The van der Waals surface area contributed by atoms with Crippen molar-refractivity contribution in [1.82, 2.24) is 5.32 Å². The first-order valence-electron chi connectivity index (χ1n) is 9.25. The highest BCUT2D eigenvalue weighted by Crippen LogP contribution is 2.35. The smallest absolute Gasteiger partial charge is 0.263 e. The molecular formula is C20H24N2O6S. The summed E-state index contributed by atoms with van der Waals surface area (Å²) in [6.45, 7) is 2.02. The number of nitrogens with zero attached hydrogens (tertiary/aromatic N) is 1. The fraction of sp³-hybridized carbons (Fsp3) is 0.350. The summed E-state index contributed by atoms with van der Waals surface area (Å²) in [4.78, 5) is 12.5. The van der Waals surface area contributed by atoms with Crippen LogP contribution >= 0.6 is 0 Å². The second kappa shape index (κ2) is 9.04. The Morgan fingerprint density at radius 2 is 1.86 bits per heavy atom. The Hall–Kier alpha value is -2.94. The van der Waals surface area contributed by atoms with Gasteiger partial charge in [-0.05, 0) is 43.3 Å². The lowest BCUT2D eigenvalue weighted by Gasteiger charge is -2.34. The molecule has 2 aromatic carbocycles. The third kappa shape index (κ3) is 4.92. The van der Waals surface area contributed by atoms with E-state index in [1.807, 2.05) is 0 Å². The number of sulfonamides is 1. The lowest BCUT2D eigenvalue weighted by atomic mass is 10.2. The zero-order chi connectivity index (χ0) is 20.9. The summed E-state index contributed by atoms with van der Waals surface area (Å²) in [5, 5.41) is 2.73. The van der Waals surface area contributed by atoms with Gasteiger partial charge in [-0.3, -0.25) is 9.10 Å². The molecule has 29 heavy (non-hydrogen) atoms. The van der Waals surface area contributed by atoms with Gasteiger partial charge in [-0.2, -0.15) is 0 Å². The molecule has 1 amide bonds. The van der Waals surface area contributed by atoms with Gasteiger partial charge in [-0.1, -0.05) is 12.1 Å². The first kappa shape index (κ1) is 20.8. The summed E-state index contributed by atoms with van der Waals surface area (Å²) in [7, 11) is -1.94. The molecule has 9 heteroatoms. The molecule has 0 saturated heterocycles. The van der Waals surface area contributed by atoms with Crippen molar-refractivity contribution >= 4 is 21.6 Å². The third-order valence-electron chi connectivity index (χ3n) is 4.46. The fourth-order valence-corrected chi connectivity index (χ4v) is 4.01. The standard InChI is InChI=1S/C20H24N2O6S/c1-3-29(24,25)22-14-19(28-18-7-5-4-6-17(18)22)20(23)21-12-13-27-16-10-8-15(26-2)9-11-16/h4-11,19H,3,12-14H2,1-2H3,(H,21,23). The number of hydrogen-bond donors (Lipinski definition) is 1. The Balaban J connectivity index is 1.58. The molecule has 0 aromatic heterocycles. The normalized spacial score (nSPS) is 15.8. The lowest BCUT2D eigenvalue weighted by Crippen LogP contribution is -2.51. The minimum atomic E-state index is -3.53. The highest BCUT2D eigenvalue weighted by atomic mass is 32.2. The SMILES string of the molecule is CCS(=O)(=O)N1CC(C(=O)NCCOc2ccc(OC)cc2)Oc2ccccc21. The minimum absolute atomic E-state index is 0.0641.